The van der Waals surface area contributed by atoms with Crippen molar-refractivity contribution in [1.82, 2.24) is 19.7 Å². The Labute approximate surface area is 112 Å². The summed E-state index contributed by atoms with van der Waals surface area (Å²) in [6, 6.07) is 0. The fourth-order valence-electron chi connectivity index (χ4n) is 1.57. The quantitative estimate of drug-likeness (QED) is 0.582. The molecule has 10 nitrogen and oxygen atoms in total. The van der Waals surface area contributed by atoms with Crippen LogP contribution in [0.15, 0.2) is 18.7 Å². The number of nitrogens with two attached hydrogens (primary N) is 1. The molecule has 2 aromatic rings. The summed E-state index contributed by atoms with van der Waals surface area (Å²) < 4.78 is 1.11. The number of rotatable bonds is 5. The molecule has 2 rings (SSSR count). The lowest BCUT2D eigenvalue weighted by molar-refractivity contribution is -0.384. The van der Waals surface area contributed by atoms with Crippen LogP contribution in [0.1, 0.15) is 17.3 Å². The van der Waals surface area contributed by atoms with Crippen molar-refractivity contribution in [3.63, 3.8) is 0 Å². The highest BCUT2D eigenvalue weighted by Crippen LogP contribution is 2.27. The third-order valence-electron chi connectivity index (χ3n) is 2.41. The lowest BCUT2D eigenvalue weighted by Gasteiger charge is -2.06. The first-order valence-electron chi connectivity index (χ1n) is 5.62. The van der Waals surface area contributed by atoms with E-state index in [4.69, 9.17) is 5.73 Å². The number of carbonyl (C=O) groups is 1. The minimum Gasteiger partial charge on any atom is -0.366 e. The van der Waals surface area contributed by atoms with E-state index in [0.717, 1.165) is 4.68 Å². The van der Waals surface area contributed by atoms with Gasteiger partial charge in [-0.15, -0.1) is 0 Å². The molecule has 0 fully saturated rings. The number of aromatic nitrogens is 4. The molecule has 104 valence electrons. The summed E-state index contributed by atoms with van der Waals surface area (Å²) in [5.74, 6) is -0.646. The Morgan fingerprint density at radius 3 is 2.85 bits per heavy atom. The van der Waals surface area contributed by atoms with Gasteiger partial charge in [-0.2, -0.15) is 5.10 Å². The zero-order valence-corrected chi connectivity index (χ0v) is 10.5. The summed E-state index contributed by atoms with van der Waals surface area (Å²) >= 11 is 0. The van der Waals surface area contributed by atoms with Crippen LogP contribution in [0.5, 0.6) is 0 Å². The molecule has 0 aromatic carbocycles. The fourth-order valence-corrected chi connectivity index (χ4v) is 1.57. The molecule has 0 unspecified atom stereocenters. The van der Waals surface area contributed by atoms with Gasteiger partial charge in [0.2, 0.25) is 11.6 Å². The van der Waals surface area contributed by atoms with Gasteiger partial charge in [0, 0.05) is 12.7 Å². The summed E-state index contributed by atoms with van der Waals surface area (Å²) in [6.07, 6.45) is 3.65. The maximum Gasteiger partial charge on any atom is 0.355 e. The summed E-state index contributed by atoms with van der Waals surface area (Å²) in [5.41, 5.74) is 4.91. The molecule has 0 saturated carbocycles. The molecule has 3 N–H and O–H groups in total. The number of primary amides is 1. The van der Waals surface area contributed by atoms with Crippen molar-refractivity contribution < 1.29 is 9.72 Å². The van der Waals surface area contributed by atoms with Gasteiger partial charge in [-0.05, 0) is 6.92 Å². The molecule has 10 heteroatoms. The average molecular weight is 277 g/mol. The molecule has 0 saturated heterocycles. The molecular weight excluding hydrogens is 266 g/mol. The van der Waals surface area contributed by atoms with Crippen molar-refractivity contribution in [3.8, 4) is 5.82 Å². The van der Waals surface area contributed by atoms with Gasteiger partial charge in [0.15, 0.2) is 0 Å². The number of anilines is 1. The average Bonchev–Trinajstić information content (AvgIpc) is 2.88. The predicted octanol–water partition coefficient (Wildman–Crippen LogP) is 0.101. The molecule has 0 atom stereocenters. The highest BCUT2D eigenvalue weighted by molar-refractivity contribution is 5.92. The largest absolute Gasteiger partial charge is 0.366 e. The summed E-state index contributed by atoms with van der Waals surface area (Å²) in [5, 5.41) is 17.8. The molecule has 0 aliphatic carbocycles. The molecule has 0 radical (unpaired) electrons. The van der Waals surface area contributed by atoms with E-state index in [1.807, 2.05) is 0 Å². The number of amides is 1. The first kappa shape index (κ1) is 13.4. The summed E-state index contributed by atoms with van der Waals surface area (Å²) in [4.78, 5) is 29.3. The van der Waals surface area contributed by atoms with E-state index < -0.39 is 10.8 Å². The van der Waals surface area contributed by atoms with E-state index >= 15 is 0 Å². The van der Waals surface area contributed by atoms with Crippen molar-refractivity contribution in [3.05, 3.63) is 34.4 Å². The minimum atomic E-state index is -0.681. The van der Waals surface area contributed by atoms with E-state index in [-0.39, 0.29) is 22.9 Å². The van der Waals surface area contributed by atoms with Crippen molar-refractivity contribution in [2.24, 2.45) is 5.73 Å². The van der Waals surface area contributed by atoms with Crippen LogP contribution >= 0.6 is 0 Å². The second kappa shape index (κ2) is 5.30. The predicted molar refractivity (Wildman–Crippen MR) is 68.5 cm³/mol. The first-order valence-corrected chi connectivity index (χ1v) is 5.62. The van der Waals surface area contributed by atoms with E-state index in [1.165, 1.54) is 18.7 Å². The van der Waals surface area contributed by atoms with Gasteiger partial charge in [-0.1, -0.05) is 0 Å². The molecule has 0 aliphatic rings. The third-order valence-corrected chi connectivity index (χ3v) is 2.41. The van der Waals surface area contributed by atoms with Gasteiger partial charge >= 0.3 is 5.69 Å². The van der Waals surface area contributed by atoms with Crippen LogP contribution in [0.3, 0.4) is 0 Å². The Hall–Kier alpha value is -3.04. The lowest BCUT2D eigenvalue weighted by Crippen LogP contribution is -2.11. The van der Waals surface area contributed by atoms with Crippen molar-refractivity contribution in [2.75, 3.05) is 11.9 Å². The molecule has 2 aromatic heterocycles. The van der Waals surface area contributed by atoms with Gasteiger partial charge in [0.25, 0.3) is 5.91 Å². The van der Waals surface area contributed by atoms with Crippen molar-refractivity contribution in [2.45, 2.75) is 6.92 Å². The van der Waals surface area contributed by atoms with Crippen LogP contribution in [0.25, 0.3) is 5.82 Å². The Bertz CT molecular complexity index is 667. The Kier molecular flexibility index (Phi) is 3.55. The van der Waals surface area contributed by atoms with Crippen LogP contribution < -0.4 is 11.1 Å². The van der Waals surface area contributed by atoms with E-state index in [1.54, 1.807) is 6.92 Å². The Morgan fingerprint density at radius 2 is 2.30 bits per heavy atom. The van der Waals surface area contributed by atoms with Crippen LogP contribution in [-0.2, 0) is 0 Å². The van der Waals surface area contributed by atoms with Gasteiger partial charge in [0.05, 0.1) is 16.7 Å². The number of hydrogen-bond acceptors (Lipinski definition) is 7. The Balaban J connectivity index is 2.57. The van der Waals surface area contributed by atoms with Crippen molar-refractivity contribution in [1.29, 1.82) is 0 Å². The van der Waals surface area contributed by atoms with Gasteiger partial charge in [-0.3, -0.25) is 14.9 Å². The van der Waals surface area contributed by atoms with Crippen LogP contribution in [0.2, 0.25) is 0 Å². The van der Waals surface area contributed by atoms with Gasteiger partial charge in [-0.25, -0.2) is 14.6 Å². The lowest BCUT2D eigenvalue weighted by atomic mass is 10.3. The number of nitrogens with zero attached hydrogens (tertiary/aromatic N) is 5. The maximum atomic E-state index is 11.2. The zero-order chi connectivity index (χ0) is 14.7. The number of hydrogen-bond donors (Lipinski definition) is 2. The monoisotopic (exact) mass is 277 g/mol. The minimum absolute atomic E-state index is 0.0477. The molecule has 0 aliphatic heterocycles. The number of carbonyl (C=O) groups excluding carboxylic acids is 1. The van der Waals surface area contributed by atoms with Crippen LogP contribution in [-0.4, -0.2) is 37.1 Å². The highest BCUT2D eigenvalue weighted by Gasteiger charge is 2.24. The molecule has 0 bridgehead atoms. The Morgan fingerprint density at radius 1 is 1.55 bits per heavy atom. The highest BCUT2D eigenvalue weighted by atomic mass is 16.6. The standard InChI is InChI=1S/C10H11N7O3/c1-2-12-9-7(17(19)20)10(14-5-13-9)16-4-6(3-15-16)8(11)18/h3-5H,2H2,1H3,(H2,11,18)(H,12,13,14). The fraction of sp³-hybridized carbons (Fsp3) is 0.200. The molecule has 2 heterocycles. The zero-order valence-electron chi connectivity index (χ0n) is 10.5. The van der Waals surface area contributed by atoms with Gasteiger partial charge in [0.1, 0.15) is 6.33 Å². The van der Waals surface area contributed by atoms with Gasteiger partial charge < -0.3 is 11.1 Å². The number of nitro groups is 1. The summed E-state index contributed by atoms with van der Waals surface area (Å²) in [6.45, 7) is 2.24. The normalized spacial score (nSPS) is 10.2. The van der Waals surface area contributed by atoms with Crippen LogP contribution in [0.4, 0.5) is 11.5 Å². The number of nitrogens with one attached hydrogen (secondary N) is 1. The van der Waals surface area contributed by atoms with E-state index in [9.17, 15) is 14.9 Å². The third kappa shape index (κ3) is 2.39. The molecule has 0 spiro atoms. The van der Waals surface area contributed by atoms with E-state index in [0.29, 0.717) is 6.54 Å². The smallest absolute Gasteiger partial charge is 0.355 e. The maximum absolute atomic E-state index is 11.2. The molecule has 20 heavy (non-hydrogen) atoms. The SMILES string of the molecule is CCNc1ncnc(-n2cc(C(N)=O)cn2)c1[N+](=O)[O-]. The van der Waals surface area contributed by atoms with Crippen LogP contribution in [0, 0.1) is 10.1 Å². The topological polar surface area (TPSA) is 142 Å². The van der Waals surface area contributed by atoms with E-state index in [2.05, 4.69) is 20.4 Å². The molecule has 1 amide bonds. The van der Waals surface area contributed by atoms with Crippen molar-refractivity contribution >= 4 is 17.4 Å². The first-order chi connectivity index (χ1) is 9.54. The second-order valence-electron chi connectivity index (χ2n) is 3.72. The second-order valence-corrected chi connectivity index (χ2v) is 3.72. The molecular formula is C10H11N7O3. The summed E-state index contributed by atoms with van der Waals surface area (Å²) in [7, 11) is 0.